The molecule has 1 heteroatoms. The molecule has 0 spiro atoms. The van der Waals surface area contributed by atoms with Gasteiger partial charge in [-0.1, -0.05) is 18.7 Å². The maximum absolute atomic E-state index is 3.79. The normalized spacial score (nSPS) is 10.0. The lowest BCUT2D eigenvalue weighted by molar-refractivity contribution is 1.26. The Bertz CT molecular complexity index is 324. The summed E-state index contributed by atoms with van der Waals surface area (Å²) in [4.78, 5) is 0. The fourth-order valence-corrected chi connectivity index (χ4v) is 2.10. The van der Waals surface area contributed by atoms with E-state index < -0.39 is 0 Å². The highest BCUT2D eigenvalue weighted by molar-refractivity contribution is 9.10. The standard InChI is InChI=1S/C11H13Br/c1-5-10-8(3)6-7(2)9(4)11(10)12/h5-6H,1H2,2-4H3. The highest BCUT2D eigenvalue weighted by Crippen LogP contribution is 2.27. The lowest BCUT2D eigenvalue weighted by Crippen LogP contribution is -1.90. The highest BCUT2D eigenvalue weighted by atomic mass is 79.9. The van der Waals surface area contributed by atoms with Gasteiger partial charge >= 0.3 is 0 Å². The second-order valence-electron chi connectivity index (χ2n) is 3.07. The van der Waals surface area contributed by atoms with E-state index in [9.17, 15) is 0 Å². The summed E-state index contributed by atoms with van der Waals surface area (Å²) in [6, 6.07) is 2.19. The van der Waals surface area contributed by atoms with Gasteiger partial charge in [0, 0.05) is 4.47 Å². The fraction of sp³-hybridized carbons (Fsp3) is 0.273. The molecule has 0 unspecified atom stereocenters. The molecule has 1 rings (SSSR count). The Hall–Kier alpha value is -0.560. The first-order chi connectivity index (χ1) is 5.57. The number of benzene rings is 1. The Morgan fingerprint density at radius 1 is 1.25 bits per heavy atom. The lowest BCUT2D eigenvalue weighted by atomic mass is 10.0. The van der Waals surface area contributed by atoms with Gasteiger partial charge in [-0.05, 0) is 59.0 Å². The minimum atomic E-state index is 1.18. The zero-order valence-corrected chi connectivity index (χ0v) is 9.33. The van der Waals surface area contributed by atoms with Crippen LogP contribution in [0.4, 0.5) is 0 Å². The Labute approximate surface area is 82.4 Å². The number of hydrogen-bond acceptors (Lipinski definition) is 0. The first-order valence-corrected chi connectivity index (χ1v) is 4.76. The van der Waals surface area contributed by atoms with Gasteiger partial charge in [-0.15, -0.1) is 0 Å². The molecule has 0 saturated heterocycles. The number of hydrogen-bond donors (Lipinski definition) is 0. The smallest absolute Gasteiger partial charge is 0.0282 e. The van der Waals surface area contributed by atoms with Gasteiger partial charge in [0.05, 0.1) is 0 Å². The molecule has 0 amide bonds. The molecule has 0 atom stereocenters. The second kappa shape index (κ2) is 3.44. The third-order valence-electron chi connectivity index (χ3n) is 2.22. The van der Waals surface area contributed by atoms with Crippen LogP contribution in [0.2, 0.25) is 0 Å². The third-order valence-corrected chi connectivity index (χ3v) is 3.24. The van der Waals surface area contributed by atoms with E-state index in [1.165, 1.54) is 26.7 Å². The van der Waals surface area contributed by atoms with Crippen LogP contribution in [0.1, 0.15) is 22.3 Å². The molecule has 0 fully saturated rings. The van der Waals surface area contributed by atoms with Crippen molar-refractivity contribution in [3.63, 3.8) is 0 Å². The second-order valence-corrected chi connectivity index (χ2v) is 3.86. The molecule has 0 saturated carbocycles. The summed E-state index contributed by atoms with van der Waals surface area (Å²) >= 11 is 3.57. The van der Waals surface area contributed by atoms with Crippen LogP contribution < -0.4 is 0 Å². The number of rotatable bonds is 1. The summed E-state index contributed by atoms with van der Waals surface area (Å²) in [5.41, 5.74) is 5.11. The van der Waals surface area contributed by atoms with E-state index in [-0.39, 0.29) is 0 Å². The summed E-state index contributed by atoms with van der Waals surface area (Å²) in [6.45, 7) is 10.1. The number of halogens is 1. The molecule has 0 aromatic heterocycles. The molecule has 0 aliphatic heterocycles. The predicted molar refractivity (Wildman–Crippen MR) is 58.4 cm³/mol. The van der Waals surface area contributed by atoms with E-state index in [0.717, 1.165) is 0 Å². The van der Waals surface area contributed by atoms with Crippen LogP contribution in [-0.2, 0) is 0 Å². The molecule has 64 valence electrons. The van der Waals surface area contributed by atoms with Crippen LogP contribution in [-0.4, -0.2) is 0 Å². The number of aryl methyl sites for hydroxylation is 2. The van der Waals surface area contributed by atoms with Gasteiger partial charge in [0.15, 0.2) is 0 Å². The Balaban J connectivity index is 3.51. The summed E-state index contributed by atoms with van der Waals surface area (Å²) in [5, 5.41) is 0. The van der Waals surface area contributed by atoms with Crippen LogP contribution in [0.3, 0.4) is 0 Å². The van der Waals surface area contributed by atoms with E-state index >= 15 is 0 Å². The molecular weight excluding hydrogens is 212 g/mol. The predicted octanol–water partition coefficient (Wildman–Crippen LogP) is 4.02. The van der Waals surface area contributed by atoms with Gasteiger partial charge in [-0.3, -0.25) is 0 Å². The topological polar surface area (TPSA) is 0 Å². The van der Waals surface area contributed by atoms with Crippen molar-refractivity contribution in [2.45, 2.75) is 20.8 Å². The van der Waals surface area contributed by atoms with E-state index in [1.807, 2.05) is 6.08 Å². The van der Waals surface area contributed by atoms with E-state index in [2.05, 4.69) is 49.3 Å². The molecular formula is C11H13Br. The largest absolute Gasteiger partial charge is 0.0984 e. The van der Waals surface area contributed by atoms with Gasteiger partial charge in [0.2, 0.25) is 0 Å². The first-order valence-electron chi connectivity index (χ1n) is 3.96. The highest BCUT2D eigenvalue weighted by Gasteiger charge is 2.05. The Morgan fingerprint density at radius 2 is 1.83 bits per heavy atom. The molecule has 1 aromatic carbocycles. The molecule has 0 aliphatic carbocycles. The lowest BCUT2D eigenvalue weighted by Gasteiger charge is -2.09. The van der Waals surface area contributed by atoms with Gasteiger partial charge in [-0.2, -0.15) is 0 Å². The fourth-order valence-electron chi connectivity index (χ4n) is 1.31. The van der Waals surface area contributed by atoms with Crippen LogP contribution in [0, 0.1) is 20.8 Å². The van der Waals surface area contributed by atoms with Crippen LogP contribution in [0.5, 0.6) is 0 Å². The van der Waals surface area contributed by atoms with Gasteiger partial charge < -0.3 is 0 Å². The van der Waals surface area contributed by atoms with Crippen molar-refractivity contribution < 1.29 is 0 Å². The summed E-state index contributed by atoms with van der Waals surface area (Å²) in [6.07, 6.45) is 1.89. The Kier molecular flexibility index (Phi) is 2.73. The third kappa shape index (κ3) is 1.46. The molecule has 0 aliphatic rings. The van der Waals surface area contributed by atoms with Gasteiger partial charge in [-0.25, -0.2) is 0 Å². The zero-order chi connectivity index (χ0) is 9.30. The van der Waals surface area contributed by atoms with Crippen molar-refractivity contribution in [1.82, 2.24) is 0 Å². The summed E-state index contributed by atoms with van der Waals surface area (Å²) < 4.78 is 1.18. The minimum absolute atomic E-state index is 1.18. The molecule has 0 nitrogen and oxygen atoms in total. The monoisotopic (exact) mass is 224 g/mol. The first kappa shape index (κ1) is 9.53. The molecule has 0 bridgehead atoms. The Morgan fingerprint density at radius 3 is 2.33 bits per heavy atom. The van der Waals surface area contributed by atoms with Gasteiger partial charge in [0.25, 0.3) is 0 Å². The minimum Gasteiger partial charge on any atom is -0.0984 e. The maximum Gasteiger partial charge on any atom is 0.0282 e. The molecule has 1 aromatic rings. The van der Waals surface area contributed by atoms with Crippen LogP contribution in [0.25, 0.3) is 6.08 Å². The van der Waals surface area contributed by atoms with Crippen molar-refractivity contribution in [3.05, 3.63) is 39.4 Å². The van der Waals surface area contributed by atoms with E-state index in [0.29, 0.717) is 0 Å². The molecule has 0 N–H and O–H groups in total. The SMILES string of the molecule is C=Cc1c(C)cc(C)c(C)c1Br. The maximum atomic E-state index is 3.79. The molecule has 0 radical (unpaired) electrons. The van der Waals surface area contributed by atoms with Crippen LogP contribution >= 0.6 is 15.9 Å². The van der Waals surface area contributed by atoms with E-state index in [1.54, 1.807) is 0 Å². The molecule has 0 heterocycles. The average molecular weight is 225 g/mol. The average Bonchev–Trinajstić information content (AvgIpc) is 2.01. The quantitative estimate of drug-likeness (QED) is 0.677. The molecule has 12 heavy (non-hydrogen) atoms. The zero-order valence-electron chi connectivity index (χ0n) is 7.74. The van der Waals surface area contributed by atoms with E-state index in [4.69, 9.17) is 0 Å². The van der Waals surface area contributed by atoms with Crippen molar-refractivity contribution >= 4 is 22.0 Å². The van der Waals surface area contributed by atoms with Gasteiger partial charge in [0.1, 0.15) is 0 Å². The van der Waals surface area contributed by atoms with Crippen molar-refractivity contribution in [1.29, 1.82) is 0 Å². The van der Waals surface area contributed by atoms with Crippen LogP contribution in [0.15, 0.2) is 17.1 Å². The van der Waals surface area contributed by atoms with Crippen molar-refractivity contribution in [3.8, 4) is 0 Å². The summed E-state index contributed by atoms with van der Waals surface area (Å²) in [5.74, 6) is 0. The van der Waals surface area contributed by atoms with Crippen molar-refractivity contribution in [2.75, 3.05) is 0 Å². The summed E-state index contributed by atoms with van der Waals surface area (Å²) in [7, 11) is 0. The van der Waals surface area contributed by atoms with Crippen molar-refractivity contribution in [2.24, 2.45) is 0 Å².